The molecule has 0 N–H and O–H groups in total. The predicted octanol–water partition coefficient (Wildman–Crippen LogP) is 4.63. The van der Waals surface area contributed by atoms with E-state index in [1.807, 2.05) is 45.1 Å². The van der Waals surface area contributed by atoms with E-state index in [4.69, 9.17) is 0 Å². The summed E-state index contributed by atoms with van der Waals surface area (Å²) >= 11 is 3.33. The molecule has 2 aromatic heterocycles. The van der Waals surface area contributed by atoms with Gasteiger partial charge < -0.3 is 0 Å². The van der Waals surface area contributed by atoms with Crippen molar-refractivity contribution in [2.24, 2.45) is 0 Å². The fourth-order valence-electron chi connectivity index (χ4n) is 1.70. The van der Waals surface area contributed by atoms with Gasteiger partial charge >= 0.3 is 0 Å². The predicted molar refractivity (Wildman–Crippen MR) is 93.5 cm³/mol. The molecule has 21 heavy (non-hydrogen) atoms. The van der Waals surface area contributed by atoms with Gasteiger partial charge in [0.2, 0.25) is 0 Å². The summed E-state index contributed by atoms with van der Waals surface area (Å²) in [5, 5.41) is 0. The normalized spacial score (nSPS) is 11.3. The zero-order valence-electron chi connectivity index (χ0n) is 12.5. The minimum Gasteiger partial charge on any atom is -0.268 e. The second-order valence-electron chi connectivity index (χ2n) is 3.86. The lowest BCUT2D eigenvalue weighted by atomic mass is 10.1. The summed E-state index contributed by atoms with van der Waals surface area (Å²) in [6, 6.07) is 5.45. The third-order valence-corrected chi connectivity index (χ3v) is 3.36. The molecule has 0 aliphatic rings. The first-order valence-corrected chi connectivity index (χ1v) is 7.61. The summed E-state index contributed by atoms with van der Waals surface area (Å²) in [4.78, 5) is 16.7. The molecular weight excluding hydrogens is 328 g/mol. The summed E-state index contributed by atoms with van der Waals surface area (Å²) in [5.74, 6) is 0. The fourth-order valence-corrected chi connectivity index (χ4v) is 2.21. The van der Waals surface area contributed by atoms with Crippen molar-refractivity contribution in [3.8, 4) is 0 Å². The molecule has 0 unspecified atom stereocenters. The molecule has 4 heteroatoms. The number of allylic oxidation sites excluding steroid dienone is 5. The maximum absolute atomic E-state index is 12.2. The molecule has 2 heterocycles. The zero-order valence-corrected chi connectivity index (χ0v) is 14.1. The van der Waals surface area contributed by atoms with E-state index in [2.05, 4.69) is 27.5 Å². The lowest BCUT2D eigenvalue weighted by Crippen LogP contribution is -2.17. The third-order valence-electron chi connectivity index (χ3n) is 2.64. The molecule has 0 radical (unpaired) electrons. The van der Waals surface area contributed by atoms with Crippen LogP contribution in [-0.2, 0) is 0 Å². The Balaban J connectivity index is 0.00000106. The first-order chi connectivity index (χ1) is 10.2. The van der Waals surface area contributed by atoms with Crippen molar-refractivity contribution in [2.75, 3.05) is 0 Å². The maximum Gasteiger partial charge on any atom is 0.272 e. The molecule has 0 saturated heterocycles. The van der Waals surface area contributed by atoms with E-state index in [1.165, 1.54) is 4.40 Å². The number of pyridine rings is 1. The van der Waals surface area contributed by atoms with Gasteiger partial charge in [-0.15, -0.1) is 0 Å². The molecule has 0 aliphatic carbocycles. The average Bonchev–Trinajstić information content (AvgIpc) is 2.54. The van der Waals surface area contributed by atoms with Crippen molar-refractivity contribution in [1.29, 1.82) is 0 Å². The van der Waals surface area contributed by atoms with Gasteiger partial charge in [-0.3, -0.25) is 9.20 Å². The van der Waals surface area contributed by atoms with Crippen molar-refractivity contribution >= 4 is 27.2 Å². The number of nitrogens with zero attached hydrogens (tertiary/aromatic N) is 2. The average molecular weight is 347 g/mol. The Morgan fingerprint density at radius 2 is 2.10 bits per heavy atom. The molecule has 0 bridgehead atoms. The van der Waals surface area contributed by atoms with Crippen LogP contribution in [0.4, 0.5) is 0 Å². The minimum absolute atomic E-state index is 0.131. The lowest BCUT2D eigenvalue weighted by Gasteiger charge is -2.07. The van der Waals surface area contributed by atoms with Gasteiger partial charge in [-0.1, -0.05) is 50.8 Å². The second-order valence-corrected chi connectivity index (χ2v) is 4.65. The van der Waals surface area contributed by atoms with Crippen LogP contribution in [0.3, 0.4) is 0 Å². The molecule has 110 valence electrons. The van der Waals surface area contributed by atoms with E-state index in [1.54, 1.807) is 24.4 Å². The minimum atomic E-state index is -0.131. The van der Waals surface area contributed by atoms with Gasteiger partial charge in [-0.25, -0.2) is 4.98 Å². The van der Waals surface area contributed by atoms with E-state index >= 15 is 0 Å². The van der Waals surface area contributed by atoms with Gasteiger partial charge in [0.1, 0.15) is 10.1 Å². The first kappa shape index (κ1) is 17.1. The van der Waals surface area contributed by atoms with Crippen LogP contribution in [0.15, 0.2) is 64.5 Å². The Hall–Kier alpha value is -1.94. The van der Waals surface area contributed by atoms with Crippen LogP contribution >= 0.6 is 15.9 Å². The van der Waals surface area contributed by atoms with Crippen LogP contribution in [-0.4, -0.2) is 9.38 Å². The molecule has 0 saturated carbocycles. The lowest BCUT2D eigenvalue weighted by molar-refractivity contribution is 1.02. The number of rotatable bonds is 3. The Morgan fingerprint density at radius 1 is 1.38 bits per heavy atom. The standard InChI is InChI=1S/C15H13BrN2O.C2H6/c1-3-5-8-11(4-2)14-13(16)15(19)18-10-7-6-9-12(18)17-14;1-2/h3-10H,2H2,1H3;1-2H3/b5-3-,11-8+;. The quantitative estimate of drug-likeness (QED) is 0.759. The molecule has 0 aromatic carbocycles. The Kier molecular flexibility index (Phi) is 6.82. The molecule has 3 nitrogen and oxygen atoms in total. The van der Waals surface area contributed by atoms with E-state index in [0.29, 0.717) is 15.8 Å². The van der Waals surface area contributed by atoms with E-state index in [9.17, 15) is 4.79 Å². The van der Waals surface area contributed by atoms with Gasteiger partial charge in [0.05, 0.1) is 5.69 Å². The molecule has 0 aliphatic heterocycles. The molecule has 0 amide bonds. The van der Waals surface area contributed by atoms with E-state index in [0.717, 1.165) is 5.57 Å². The first-order valence-electron chi connectivity index (χ1n) is 6.81. The fraction of sp³-hybridized carbons (Fsp3) is 0.176. The molecule has 0 fully saturated rings. The second kappa shape index (κ2) is 8.37. The van der Waals surface area contributed by atoms with E-state index < -0.39 is 0 Å². The topological polar surface area (TPSA) is 34.4 Å². The van der Waals surface area contributed by atoms with Crippen LogP contribution in [0.5, 0.6) is 0 Å². The molecule has 2 rings (SSSR count). The van der Waals surface area contributed by atoms with Gasteiger partial charge in [-0.05, 0) is 35.0 Å². The Morgan fingerprint density at radius 3 is 2.71 bits per heavy atom. The summed E-state index contributed by atoms with van der Waals surface area (Å²) in [6.07, 6.45) is 9.05. The van der Waals surface area contributed by atoms with Gasteiger partial charge in [0.25, 0.3) is 5.56 Å². The van der Waals surface area contributed by atoms with Crippen molar-refractivity contribution in [3.05, 3.63) is 75.8 Å². The van der Waals surface area contributed by atoms with Crippen molar-refractivity contribution < 1.29 is 0 Å². The SMILES string of the molecule is C=C/C(=C\C=C/C)c1nc2ccccn2c(=O)c1Br.CC. The summed E-state index contributed by atoms with van der Waals surface area (Å²) in [7, 11) is 0. The molecule has 0 spiro atoms. The third kappa shape index (κ3) is 3.79. The van der Waals surface area contributed by atoms with Crippen molar-refractivity contribution in [1.82, 2.24) is 9.38 Å². The maximum atomic E-state index is 12.2. The van der Waals surface area contributed by atoms with Crippen LogP contribution in [0.25, 0.3) is 11.2 Å². The Bertz CT molecular complexity index is 742. The number of hydrogen-bond donors (Lipinski definition) is 0. The van der Waals surface area contributed by atoms with Gasteiger partial charge in [0, 0.05) is 11.8 Å². The molecule has 2 aromatic rings. The van der Waals surface area contributed by atoms with Crippen LogP contribution in [0, 0.1) is 0 Å². The van der Waals surface area contributed by atoms with Crippen molar-refractivity contribution in [2.45, 2.75) is 20.8 Å². The largest absolute Gasteiger partial charge is 0.272 e. The van der Waals surface area contributed by atoms with Crippen LogP contribution in [0.1, 0.15) is 26.5 Å². The number of halogens is 1. The smallest absolute Gasteiger partial charge is 0.268 e. The number of aromatic nitrogens is 2. The summed E-state index contributed by atoms with van der Waals surface area (Å²) < 4.78 is 1.94. The monoisotopic (exact) mass is 346 g/mol. The summed E-state index contributed by atoms with van der Waals surface area (Å²) in [5.41, 5.74) is 1.88. The van der Waals surface area contributed by atoms with Crippen LogP contribution in [0.2, 0.25) is 0 Å². The highest BCUT2D eigenvalue weighted by atomic mass is 79.9. The van der Waals surface area contributed by atoms with Crippen LogP contribution < -0.4 is 5.56 Å². The number of fused-ring (bicyclic) bond motifs is 1. The van der Waals surface area contributed by atoms with Gasteiger partial charge in [-0.2, -0.15) is 0 Å². The van der Waals surface area contributed by atoms with E-state index in [-0.39, 0.29) is 5.56 Å². The molecular formula is C17H19BrN2O. The summed E-state index contributed by atoms with van der Waals surface area (Å²) in [6.45, 7) is 9.69. The molecule has 0 atom stereocenters. The number of hydrogen-bond acceptors (Lipinski definition) is 2. The van der Waals surface area contributed by atoms with Gasteiger partial charge in [0.15, 0.2) is 0 Å². The highest BCUT2D eigenvalue weighted by Gasteiger charge is 2.11. The highest BCUT2D eigenvalue weighted by molar-refractivity contribution is 9.10. The zero-order chi connectivity index (χ0) is 15.8. The Labute approximate surface area is 133 Å². The van der Waals surface area contributed by atoms with Crippen molar-refractivity contribution in [3.63, 3.8) is 0 Å². The highest BCUT2D eigenvalue weighted by Crippen LogP contribution is 2.21.